The van der Waals surface area contributed by atoms with E-state index in [0.717, 1.165) is 76.1 Å². The second-order valence-electron chi connectivity index (χ2n) is 18.0. The molecule has 0 spiro atoms. The molecule has 3 saturated carbocycles. The van der Waals surface area contributed by atoms with E-state index in [1.165, 1.54) is 16.1 Å². The second kappa shape index (κ2) is 11.1. The number of allylic oxidation sites excluding steroid dienone is 2. The van der Waals surface area contributed by atoms with Crippen LogP contribution in [0.25, 0.3) is 0 Å². The molecule has 0 aliphatic heterocycles. The molecule has 3 fully saturated rings. The summed E-state index contributed by atoms with van der Waals surface area (Å²) in [6.45, 7) is 24.3. The molecule has 0 radical (unpaired) electrons. The predicted octanol–water partition coefficient (Wildman–Crippen LogP) is 8.09. The van der Waals surface area contributed by atoms with E-state index in [9.17, 15) is 9.59 Å². The minimum atomic E-state index is -0.517. The number of carbonyl (C=O) groups excluding carboxylic acids is 2. The first kappa shape index (κ1) is 34.1. The van der Waals surface area contributed by atoms with Crippen LogP contribution in [0.1, 0.15) is 118 Å². The fourth-order valence-corrected chi connectivity index (χ4v) is 13.1. The molecule has 7 heteroatoms. The van der Waals surface area contributed by atoms with Crippen LogP contribution in [0.2, 0.25) is 0 Å². The summed E-state index contributed by atoms with van der Waals surface area (Å²) in [4.78, 5) is 39.6. The highest BCUT2D eigenvalue weighted by atomic mass is 32.1. The number of fused-ring (bicyclic) bond motifs is 8. The number of carbonyl (C=O) groups is 2. The lowest BCUT2D eigenvalue weighted by Gasteiger charge is -2.69. The Morgan fingerprint density at radius 3 is 2.33 bits per heavy atom. The number of anilines is 1. The van der Waals surface area contributed by atoms with E-state index in [-0.39, 0.29) is 44.9 Å². The van der Waals surface area contributed by atoms with Gasteiger partial charge < -0.3 is 14.5 Å². The summed E-state index contributed by atoms with van der Waals surface area (Å²) < 4.78 is 5.98. The van der Waals surface area contributed by atoms with Gasteiger partial charge >= 0.3 is 5.97 Å². The second-order valence-corrected chi connectivity index (χ2v) is 19.0. The standard InChI is InChI=1S/C39H61N3O3S/c1-12-42(13-2)20-21-45-32(44)36(6)17-16-35(5)18-19-38(8)25(26(35)23-36)22-27(43)30-37(7)24-28-31(40-33(46-28)41(10)11)34(3,4)29(37)14-15-39(30,38)9/h22,26,29-30H,12-21,23-24H2,1-11H3/t26-,29-,30+,35+,36-,37-,38+,39+/m0/s1. The smallest absolute Gasteiger partial charge is 0.311 e. The Hall–Kier alpha value is -1.73. The van der Waals surface area contributed by atoms with Crippen molar-refractivity contribution >= 4 is 28.2 Å². The highest BCUT2D eigenvalue weighted by Crippen LogP contribution is 2.75. The van der Waals surface area contributed by atoms with Crippen molar-refractivity contribution in [1.82, 2.24) is 9.88 Å². The van der Waals surface area contributed by atoms with E-state index >= 15 is 0 Å². The van der Waals surface area contributed by atoms with E-state index < -0.39 is 5.41 Å². The molecule has 0 N–H and O–H groups in total. The van der Waals surface area contributed by atoms with E-state index in [1.807, 2.05) is 11.3 Å². The molecule has 8 atom stereocenters. The number of hydrogen-bond acceptors (Lipinski definition) is 7. The molecule has 0 bridgehead atoms. The number of ketones is 1. The van der Waals surface area contributed by atoms with Crippen LogP contribution in [0.5, 0.6) is 0 Å². The number of rotatable bonds is 7. The quantitative estimate of drug-likeness (QED) is 0.278. The van der Waals surface area contributed by atoms with Gasteiger partial charge in [0.05, 0.1) is 11.1 Å². The predicted molar refractivity (Wildman–Crippen MR) is 188 cm³/mol. The summed E-state index contributed by atoms with van der Waals surface area (Å²) >= 11 is 1.83. The molecule has 5 aliphatic carbocycles. The van der Waals surface area contributed by atoms with Crippen molar-refractivity contribution < 1.29 is 14.3 Å². The van der Waals surface area contributed by atoms with Crippen molar-refractivity contribution in [2.24, 2.45) is 44.8 Å². The van der Waals surface area contributed by atoms with Crippen LogP contribution in [0.15, 0.2) is 11.6 Å². The number of esters is 1. The number of hydrogen-bond donors (Lipinski definition) is 0. The third-order valence-corrected chi connectivity index (χ3v) is 16.2. The zero-order valence-corrected chi connectivity index (χ0v) is 31.6. The number of likely N-dealkylation sites (N-methyl/N-ethyl adjacent to an activating group) is 1. The van der Waals surface area contributed by atoms with Crippen molar-refractivity contribution in [1.29, 1.82) is 0 Å². The molecule has 1 aromatic rings. The lowest BCUT2D eigenvalue weighted by Crippen LogP contribution is -2.66. The summed E-state index contributed by atoms with van der Waals surface area (Å²) in [5.74, 6) is 0.913. The average molecular weight is 652 g/mol. The first-order chi connectivity index (χ1) is 21.4. The minimum Gasteiger partial charge on any atom is -0.464 e. The summed E-state index contributed by atoms with van der Waals surface area (Å²) in [5, 5.41) is 1.07. The number of ether oxygens (including phenoxy) is 1. The maximum Gasteiger partial charge on any atom is 0.311 e. The van der Waals surface area contributed by atoms with Crippen molar-refractivity contribution in [2.75, 3.05) is 45.2 Å². The lowest BCUT2D eigenvalue weighted by atomic mass is 9.34. The highest BCUT2D eigenvalue weighted by Gasteiger charge is 2.70. The summed E-state index contributed by atoms with van der Waals surface area (Å²) in [5.41, 5.74) is 1.82. The zero-order chi connectivity index (χ0) is 33.7. The maximum absolute atomic E-state index is 14.9. The molecule has 256 valence electrons. The Morgan fingerprint density at radius 1 is 1.00 bits per heavy atom. The summed E-state index contributed by atoms with van der Waals surface area (Å²) in [6, 6.07) is 0. The fraction of sp³-hybridized carbons (Fsp3) is 0.821. The molecular weight excluding hydrogens is 591 g/mol. The van der Waals surface area contributed by atoms with Gasteiger partial charge in [-0.15, -0.1) is 11.3 Å². The normalized spacial score (nSPS) is 41.0. The lowest BCUT2D eigenvalue weighted by molar-refractivity contribution is -0.175. The van der Waals surface area contributed by atoms with Crippen LogP contribution in [-0.4, -0.2) is 62.0 Å². The Morgan fingerprint density at radius 2 is 1.67 bits per heavy atom. The molecule has 46 heavy (non-hydrogen) atoms. The molecule has 0 aromatic carbocycles. The van der Waals surface area contributed by atoms with E-state index in [2.05, 4.69) is 92.3 Å². The highest BCUT2D eigenvalue weighted by molar-refractivity contribution is 7.15. The van der Waals surface area contributed by atoms with Gasteiger partial charge in [0.15, 0.2) is 10.9 Å². The van der Waals surface area contributed by atoms with Gasteiger partial charge in [0.25, 0.3) is 0 Å². The third-order valence-electron chi connectivity index (χ3n) is 15.0. The molecule has 6 nitrogen and oxygen atoms in total. The molecule has 0 saturated heterocycles. The van der Waals surface area contributed by atoms with Crippen LogP contribution < -0.4 is 4.90 Å². The molecule has 6 rings (SSSR count). The molecule has 1 heterocycles. The Kier molecular flexibility index (Phi) is 8.28. The van der Waals surface area contributed by atoms with Crippen molar-refractivity contribution in [3.05, 3.63) is 22.2 Å². The number of aromatic nitrogens is 1. The van der Waals surface area contributed by atoms with Gasteiger partial charge in [-0.2, -0.15) is 0 Å². The van der Waals surface area contributed by atoms with E-state index in [4.69, 9.17) is 9.72 Å². The van der Waals surface area contributed by atoms with Gasteiger partial charge in [0.1, 0.15) is 6.61 Å². The van der Waals surface area contributed by atoms with Crippen LogP contribution >= 0.6 is 11.3 Å². The Balaban J connectivity index is 1.34. The van der Waals surface area contributed by atoms with Gasteiger partial charge in [-0.3, -0.25) is 9.59 Å². The van der Waals surface area contributed by atoms with Crippen molar-refractivity contribution in [3.8, 4) is 0 Å². The van der Waals surface area contributed by atoms with Crippen LogP contribution in [0.4, 0.5) is 5.13 Å². The third kappa shape index (κ3) is 4.74. The molecule has 1 aromatic heterocycles. The maximum atomic E-state index is 14.9. The Bertz CT molecular complexity index is 1430. The van der Waals surface area contributed by atoms with Crippen LogP contribution in [-0.2, 0) is 26.2 Å². The van der Waals surface area contributed by atoms with Gasteiger partial charge in [-0.05, 0) is 111 Å². The number of nitrogens with zero attached hydrogens (tertiary/aromatic N) is 3. The molecule has 0 amide bonds. The molecule has 5 aliphatic rings. The van der Waals surface area contributed by atoms with Crippen LogP contribution in [0.3, 0.4) is 0 Å². The number of thiazole rings is 1. The monoisotopic (exact) mass is 651 g/mol. The minimum absolute atomic E-state index is 0.0193. The van der Waals surface area contributed by atoms with Crippen molar-refractivity contribution in [3.63, 3.8) is 0 Å². The van der Waals surface area contributed by atoms with E-state index in [0.29, 0.717) is 18.3 Å². The first-order valence-electron chi connectivity index (χ1n) is 18.2. The zero-order valence-electron chi connectivity index (χ0n) is 30.8. The van der Waals surface area contributed by atoms with Gasteiger partial charge in [-0.25, -0.2) is 4.98 Å². The van der Waals surface area contributed by atoms with Crippen molar-refractivity contribution in [2.45, 2.75) is 119 Å². The summed E-state index contributed by atoms with van der Waals surface area (Å²) in [6.07, 6.45) is 10.2. The molecule has 0 unspecified atom stereocenters. The SMILES string of the molecule is CCN(CC)CCOC(=O)[C@@]1(C)CC[C@]2(C)CC[C@]3(C)C(=CC(=O)[C@@H]4[C@@]5(C)Cc6sc(N(C)C)nc6C(C)(C)[C@@H]5CC[C@]43C)[C@@H]2C1. The summed E-state index contributed by atoms with van der Waals surface area (Å²) in [7, 11) is 4.17. The Labute approximate surface area is 283 Å². The first-order valence-corrected chi connectivity index (χ1v) is 19.0. The topological polar surface area (TPSA) is 62.7 Å². The van der Waals surface area contributed by atoms with E-state index in [1.54, 1.807) is 0 Å². The van der Waals surface area contributed by atoms with Gasteiger partial charge in [0.2, 0.25) is 0 Å². The van der Waals surface area contributed by atoms with Gasteiger partial charge in [-0.1, -0.05) is 61.0 Å². The van der Waals surface area contributed by atoms with Crippen LogP contribution in [0, 0.1) is 44.8 Å². The largest absolute Gasteiger partial charge is 0.464 e. The fourth-order valence-electron chi connectivity index (χ4n) is 11.8. The molecular formula is C39H61N3O3S. The average Bonchev–Trinajstić information content (AvgIpc) is 3.42. The van der Waals surface area contributed by atoms with Gasteiger partial charge in [0, 0.05) is 36.9 Å².